The summed E-state index contributed by atoms with van der Waals surface area (Å²) in [6.07, 6.45) is 3.55. The molecule has 3 heterocycles. The zero-order valence-electron chi connectivity index (χ0n) is 16.3. The van der Waals surface area contributed by atoms with Crippen molar-refractivity contribution >= 4 is 17.1 Å². The average molecular weight is 363 g/mol. The molecule has 1 saturated heterocycles. The number of anilines is 3. The van der Waals surface area contributed by atoms with Gasteiger partial charge in [0, 0.05) is 50.9 Å². The number of nitrogens with two attached hydrogens (primary N) is 1. The van der Waals surface area contributed by atoms with Gasteiger partial charge < -0.3 is 20.4 Å². The lowest BCUT2D eigenvalue weighted by atomic mass is 9.89. The van der Waals surface area contributed by atoms with Crippen LogP contribution in [0.1, 0.15) is 29.9 Å². The van der Waals surface area contributed by atoms with Crippen LogP contribution in [-0.2, 0) is 6.42 Å². The first-order valence-electron chi connectivity index (χ1n) is 10.4. The zero-order chi connectivity index (χ0) is 18.4. The molecule has 1 fully saturated rings. The molecule has 4 nitrogen and oxygen atoms in total. The molecular weight excluding hydrogens is 332 g/mol. The lowest BCUT2D eigenvalue weighted by molar-refractivity contribution is 0.191. The Balaban J connectivity index is 1.28. The van der Waals surface area contributed by atoms with Crippen LogP contribution in [0.2, 0.25) is 0 Å². The third-order valence-corrected chi connectivity index (χ3v) is 6.86. The highest BCUT2D eigenvalue weighted by molar-refractivity contribution is 5.80. The van der Waals surface area contributed by atoms with Crippen molar-refractivity contribution in [2.75, 3.05) is 55.3 Å². The minimum absolute atomic E-state index is 0.669. The van der Waals surface area contributed by atoms with Gasteiger partial charge in [-0.1, -0.05) is 30.3 Å². The molecule has 0 radical (unpaired) electrons. The summed E-state index contributed by atoms with van der Waals surface area (Å²) in [7, 11) is 2.23. The van der Waals surface area contributed by atoms with Crippen molar-refractivity contribution in [3.05, 3.63) is 53.6 Å². The van der Waals surface area contributed by atoms with Gasteiger partial charge in [0.2, 0.25) is 0 Å². The lowest BCUT2D eigenvalue weighted by Gasteiger charge is -2.41. The number of likely N-dealkylation sites (N-methyl/N-ethyl adjacent to an activating group) is 1. The minimum Gasteiger partial charge on any atom is -0.399 e. The van der Waals surface area contributed by atoms with E-state index in [0.29, 0.717) is 12.0 Å². The van der Waals surface area contributed by atoms with E-state index in [0.717, 1.165) is 18.7 Å². The van der Waals surface area contributed by atoms with Gasteiger partial charge in [-0.15, -0.1) is 0 Å². The molecule has 4 heteroatoms. The van der Waals surface area contributed by atoms with E-state index in [1.54, 1.807) is 5.56 Å². The van der Waals surface area contributed by atoms with Gasteiger partial charge in [0.1, 0.15) is 0 Å². The van der Waals surface area contributed by atoms with Crippen molar-refractivity contribution < 1.29 is 0 Å². The Bertz CT molecular complexity index is 833. The van der Waals surface area contributed by atoms with Crippen molar-refractivity contribution in [2.24, 2.45) is 0 Å². The number of hydrogen-bond acceptors (Lipinski definition) is 4. The molecule has 2 unspecified atom stereocenters. The Morgan fingerprint density at radius 3 is 2.81 bits per heavy atom. The molecule has 3 aliphatic rings. The summed E-state index contributed by atoms with van der Waals surface area (Å²) in [5.74, 6) is 0.669. The number of fused-ring (bicyclic) bond motifs is 3. The predicted molar refractivity (Wildman–Crippen MR) is 114 cm³/mol. The molecular formula is C23H30N4. The number of hydrogen-bond donors (Lipinski definition) is 1. The quantitative estimate of drug-likeness (QED) is 0.847. The van der Waals surface area contributed by atoms with Crippen LogP contribution in [-0.4, -0.2) is 50.7 Å². The van der Waals surface area contributed by atoms with E-state index in [1.165, 1.54) is 56.0 Å². The van der Waals surface area contributed by atoms with Crippen molar-refractivity contribution in [1.82, 2.24) is 4.90 Å². The summed E-state index contributed by atoms with van der Waals surface area (Å²) in [4.78, 5) is 7.83. The summed E-state index contributed by atoms with van der Waals surface area (Å²) in [6, 6.07) is 15.9. The molecule has 27 heavy (non-hydrogen) atoms. The maximum atomic E-state index is 6.10. The Kier molecular flexibility index (Phi) is 4.24. The van der Waals surface area contributed by atoms with E-state index in [2.05, 4.69) is 52.1 Å². The van der Waals surface area contributed by atoms with Gasteiger partial charge in [-0.05, 0) is 49.1 Å². The SMILES string of the molecule is CN1CCN2c3c(cccc31)C1CN(CCCc3ccccc3N)CCC12. The summed E-state index contributed by atoms with van der Waals surface area (Å²) in [5.41, 5.74) is 12.9. The molecule has 142 valence electrons. The molecule has 0 amide bonds. The van der Waals surface area contributed by atoms with Gasteiger partial charge in [0.25, 0.3) is 0 Å². The fraction of sp³-hybridized carbons (Fsp3) is 0.478. The van der Waals surface area contributed by atoms with Crippen LogP contribution in [0.3, 0.4) is 0 Å². The molecule has 0 saturated carbocycles. The van der Waals surface area contributed by atoms with Gasteiger partial charge in [-0.3, -0.25) is 0 Å². The fourth-order valence-corrected chi connectivity index (χ4v) is 5.43. The average Bonchev–Trinajstić information content (AvgIpc) is 3.01. The fourth-order valence-electron chi connectivity index (χ4n) is 5.43. The van der Waals surface area contributed by atoms with E-state index >= 15 is 0 Å². The first kappa shape index (κ1) is 16.9. The molecule has 0 aliphatic carbocycles. The van der Waals surface area contributed by atoms with Crippen molar-refractivity contribution in [3.8, 4) is 0 Å². The van der Waals surface area contributed by atoms with Gasteiger partial charge >= 0.3 is 0 Å². The molecule has 5 rings (SSSR count). The number of piperidine rings is 1. The number of para-hydroxylation sites is 2. The summed E-state index contributed by atoms with van der Waals surface area (Å²) in [6.45, 7) is 5.91. The van der Waals surface area contributed by atoms with Crippen LogP contribution >= 0.6 is 0 Å². The topological polar surface area (TPSA) is 35.7 Å². The first-order chi connectivity index (χ1) is 13.2. The normalized spacial score (nSPS) is 24.0. The van der Waals surface area contributed by atoms with E-state index in [4.69, 9.17) is 5.73 Å². The number of rotatable bonds is 4. The van der Waals surface area contributed by atoms with Gasteiger partial charge in [0.05, 0.1) is 11.4 Å². The lowest BCUT2D eigenvalue weighted by Crippen LogP contribution is -2.49. The molecule has 0 spiro atoms. The van der Waals surface area contributed by atoms with Crippen LogP contribution in [0.25, 0.3) is 0 Å². The van der Waals surface area contributed by atoms with Crippen molar-refractivity contribution in [2.45, 2.75) is 31.2 Å². The Labute approximate surface area is 162 Å². The van der Waals surface area contributed by atoms with Crippen molar-refractivity contribution in [3.63, 3.8) is 0 Å². The van der Waals surface area contributed by atoms with Crippen LogP contribution < -0.4 is 15.5 Å². The van der Waals surface area contributed by atoms with Gasteiger partial charge in [0.15, 0.2) is 0 Å². The highest BCUT2D eigenvalue weighted by Gasteiger charge is 2.44. The molecule has 0 aromatic heterocycles. The minimum atomic E-state index is 0.669. The molecule has 2 aromatic rings. The van der Waals surface area contributed by atoms with Gasteiger partial charge in [-0.25, -0.2) is 0 Å². The Morgan fingerprint density at radius 2 is 1.93 bits per heavy atom. The zero-order valence-corrected chi connectivity index (χ0v) is 16.3. The number of benzene rings is 2. The predicted octanol–water partition coefficient (Wildman–Crippen LogP) is 3.33. The van der Waals surface area contributed by atoms with E-state index < -0.39 is 0 Å². The second-order valence-corrected chi connectivity index (χ2v) is 8.40. The second-order valence-electron chi connectivity index (χ2n) is 8.40. The van der Waals surface area contributed by atoms with Crippen LogP contribution in [0.5, 0.6) is 0 Å². The number of likely N-dealkylation sites (tertiary alicyclic amines) is 1. The maximum absolute atomic E-state index is 6.10. The number of nitrogen functional groups attached to an aromatic ring is 1. The smallest absolute Gasteiger partial charge is 0.0644 e. The third-order valence-electron chi connectivity index (χ3n) is 6.86. The Hall–Kier alpha value is -2.20. The largest absolute Gasteiger partial charge is 0.399 e. The number of nitrogens with zero attached hydrogens (tertiary/aromatic N) is 3. The molecule has 2 N–H and O–H groups in total. The highest BCUT2D eigenvalue weighted by atomic mass is 15.3. The summed E-state index contributed by atoms with van der Waals surface area (Å²) in [5, 5.41) is 0. The summed E-state index contributed by atoms with van der Waals surface area (Å²) < 4.78 is 0. The van der Waals surface area contributed by atoms with Crippen LogP contribution in [0.4, 0.5) is 17.1 Å². The molecule has 2 atom stereocenters. The second kappa shape index (κ2) is 6.75. The third kappa shape index (κ3) is 2.87. The van der Waals surface area contributed by atoms with Crippen LogP contribution in [0.15, 0.2) is 42.5 Å². The standard InChI is InChI=1S/C23H30N4/c1-25-14-15-27-21-11-13-26(12-5-7-17-6-2-3-9-20(17)24)16-19(21)18-8-4-10-22(25)23(18)27/h2-4,6,8-10,19,21H,5,7,11-16,24H2,1H3. The first-order valence-corrected chi connectivity index (χ1v) is 10.4. The van der Waals surface area contributed by atoms with Crippen molar-refractivity contribution in [1.29, 1.82) is 0 Å². The molecule has 3 aliphatic heterocycles. The maximum Gasteiger partial charge on any atom is 0.0644 e. The van der Waals surface area contributed by atoms with E-state index in [-0.39, 0.29) is 0 Å². The Morgan fingerprint density at radius 1 is 1.04 bits per heavy atom. The highest BCUT2D eigenvalue weighted by Crippen LogP contribution is 2.50. The molecule has 0 bridgehead atoms. The summed E-state index contributed by atoms with van der Waals surface area (Å²) >= 11 is 0. The number of aryl methyl sites for hydroxylation is 1. The van der Waals surface area contributed by atoms with Gasteiger partial charge in [-0.2, -0.15) is 0 Å². The van der Waals surface area contributed by atoms with E-state index in [9.17, 15) is 0 Å². The van der Waals surface area contributed by atoms with E-state index in [1.807, 2.05) is 12.1 Å². The van der Waals surface area contributed by atoms with Crippen LogP contribution in [0, 0.1) is 0 Å². The monoisotopic (exact) mass is 362 g/mol. The molecule has 2 aromatic carbocycles.